The molecule has 3 aromatic carbocycles. The third-order valence-corrected chi connectivity index (χ3v) is 6.95. The highest BCUT2D eigenvalue weighted by atomic mass is 19.1. The lowest BCUT2D eigenvalue weighted by atomic mass is 9.79. The molecule has 0 atom stereocenters. The molecule has 1 amide bonds. The van der Waals surface area contributed by atoms with Crippen molar-refractivity contribution in [2.24, 2.45) is 0 Å². The first-order chi connectivity index (χ1) is 18.5. The monoisotopic (exact) mass is 508 g/mol. The van der Waals surface area contributed by atoms with E-state index in [4.69, 9.17) is 9.15 Å². The Morgan fingerprint density at radius 2 is 1.53 bits per heavy atom. The van der Waals surface area contributed by atoms with Crippen LogP contribution >= 0.6 is 0 Å². The van der Waals surface area contributed by atoms with Gasteiger partial charge in [0.25, 0.3) is 5.91 Å². The lowest BCUT2D eigenvalue weighted by Gasteiger charge is -2.27. The Bertz CT molecular complexity index is 1480. The number of anilines is 1. The Morgan fingerprint density at radius 1 is 0.921 bits per heavy atom. The molecule has 6 nitrogen and oxygen atoms in total. The van der Waals surface area contributed by atoms with E-state index in [1.165, 1.54) is 12.1 Å². The van der Waals surface area contributed by atoms with Crippen LogP contribution in [0.4, 0.5) is 10.3 Å². The minimum absolute atomic E-state index is 0.0135. The van der Waals surface area contributed by atoms with Gasteiger partial charge >= 0.3 is 5.97 Å². The highest BCUT2D eigenvalue weighted by Crippen LogP contribution is 2.43. The van der Waals surface area contributed by atoms with E-state index < -0.39 is 23.9 Å². The van der Waals surface area contributed by atoms with Crippen LogP contribution in [-0.2, 0) is 19.7 Å². The van der Waals surface area contributed by atoms with Crippen molar-refractivity contribution in [2.45, 2.75) is 31.1 Å². The van der Waals surface area contributed by atoms with Gasteiger partial charge in [-0.2, -0.15) is 5.26 Å². The average Bonchev–Trinajstić information content (AvgIpc) is 3.59. The number of carbonyl (C=O) groups is 2. The number of nitrogens with zero attached hydrogens (tertiary/aromatic N) is 1. The summed E-state index contributed by atoms with van der Waals surface area (Å²) >= 11 is 0. The van der Waals surface area contributed by atoms with Crippen molar-refractivity contribution in [1.82, 2.24) is 0 Å². The van der Waals surface area contributed by atoms with Crippen molar-refractivity contribution in [3.8, 4) is 28.5 Å². The molecule has 4 aromatic rings. The third kappa shape index (κ3) is 4.81. The molecule has 190 valence electrons. The second-order valence-electron chi connectivity index (χ2n) is 9.27. The second-order valence-corrected chi connectivity index (χ2v) is 9.27. The summed E-state index contributed by atoms with van der Waals surface area (Å²) in [5, 5.41) is 12.6. The van der Waals surface area contributed by atoms with Gasteiger partial charge in [-0.25, -0.2) is 4.39 Å². The number of furan rings is 1. The fourth-order valence-corrected chi connectivity index (χ4v) is 5.09. The van der Waals surface area contributed by atoms with Gasteiger partial charge in [0.1, 0.15) is 23.2 Å². The van der Waals surface area contributed by atoms with Crippen LogP contribution in [0.2, 0.25) is 0 Å². The molecule has 0 spiro atoms. The van der Waals surface area contributed by atoms with Crippen LogP contribution in [0.1, 0.15) is 36.8 Å². The van der Waals surface area contributed by atoms with Crippen LogP contribution < -0.4 is 5.32 Å². The highest BCUT2D eigenvalue weighted by Gasteiger charge is 2.44. The average molecular weight is 509 g/mol. The zero-order valence-corrected chi connectivity index (χ0v) is 20.6. The van der Waals surface area contributed by atoms with E-state index in [1.54, 1.807) is 12.1 Å². The molecule has 5 rings (SSSR count). The maximum Gasteiger partial charge on any atom is 0.317 e. The first kappa shape index (κ1) is 25.0. The van der Waals surface area contributed by atoms with Gasteiger partial charge in [-0.15, -0.1) is 0 Å². The standard InChI is InChI=1S/C31H25FN2O4/c32-24-15-13-23(14-16-24)31(17-7-8-18-31)30(36)37-20-26(35)34-29-25(19-33)27(21-9-3-1-4-10-21)28(38-29)22-11-5-2-6-12-22/h1-6,9-16H,7-8,17-18,20H2,(H,34,35). The van der Waals surface area contributed by atoms with Crippen LogP contribution in [0.25, 0.3) is 22.5 Å². The predicted molar refractivity (Wildman–Crippen MR) is 140 cm³/mol. The number of ether oxygens (including phenoxy) is 1. The van der Waals surface area contributed by atoms with Gasteiger partial charge in [0, 0.05) is 11.1 Å². The molecule has 7 heteroatoms. The molecule has 0 unspecified atom stereocenters. The van der Waals surface area contributed by atoms with E-state index in [0.717, 1.165) is 24.0 Å². The predicted octanol–water partition coefficient (Wildman–Crippen LogP) is 6.62. The zero-order valence-electron chi connectivity index (χ0n) is 20.6. The number of rotatable bonds is 7. The van der Waals surface area contributed by atoms with E-state index in [0.29, 0.717) is 29.7 Å². The summed E-state index contributed by atoms with van der Waals surface area (Å²) in [4.78, 5) is 26.1. The summed E-state index contributed by atoms with van der Waals surface area (Å²) in [7, 11) is 0. The zero-order chi connectivity index (χ0) is 26.5. The van der Waals surface area contributed by atoms with Crippen molar-refractivity contribution in [2.75, 3.05) is 11.9 Å². The number of carbonyl (C=O) groups excluding carboxylic acids is 2. The Morgan fingerprint density at radius 3 is 2.13 bits per heavy atom. The molecular weight excluding hydrogens is 483 g/mol. The molecule has 1 fully saturated rings. The van der Waals surface area contributed by atoms with Gasteiger partial charge in [-0.05, 0) is 36.1 Å². The van der Waals surface area contributed by atoms with Crippen molar-refractivity contribution in [3.63, 3.8) is 0 Å². The number of nitriles is 1. The van der Waals surface area contributed by atoms with E-state index in [-0.39, 0.29) is 17.3 Å². The molecule has 0 bridgehead atoms. The molecule has 1 N–H and O–H groups in total. The van der Waals surface area contributed by atoms with E-state index in [9.17, 15) is 19.2 Å². The molecule has 1 aliphatic carbocycles. The minimum Gasteiger partial charge on any atom is -0.455 e. The molecule has 0 aliphatic heterocycles. The molecule has 38 heavy (non-hydrogen) atoms. The first-order valence-electron chi connectivity index (χ1n) is 12.4. The van der Waals surface area contributed by atoms with Crippen molar-refractivity contribution in [3.05, 3.63) is 102 Å². The molecule has 1 aliphatic rings. The Hall–Kier alpha value is -4.70. The Labute approximate surface area is 219 Å². The van der Waals surface area contributed by atoms with Crippen LogP contribution in [0.15, 0.2) is 89.3 Å². The van der Waals surface area contributed by atoms with Crippen molar-refractivity contribution < 1.29 is 23.1 Å². The molecule has 0 radical (unpaired) electrons. The third-order valence-electron chi connectivity index (χ3n) is 6.95. The lowest BCUT2D eigenvalue weighted by molar-refractivity contribution is -0.153. The summed E-state index contributed by atoms with van der Waals surface area (Å²) in [6, 6.07) is 26.6. The fraction of sp³-hybridized carbons (Fsp3) is 0.194. The van der Waals surface area contributed by atoms with E-state index in [1.807, 2.05) is 60.7 Å². The number of esters is 1. The maximum absolute atomic E-state index is 13.5. The molecule has 0 saturated heterocycles. The largest absolute Gasteiger partial charge is 0.455 e. The normalized spacial score (nSPS) is 14.0. The van der Waals surface area contributed by atoms with Gasteiger partial charge in [0.05, 0.1) is 5.41 Å². The lowest BCUT2D eigenvalue weighted by Crippen LogP contribution is -2.36. The van der Waals surface area contributed by atoms with Gasteiger partial charge in [0.2, 0.25) is 5.88 Å². The molecule has 1 aromatic heterocycles. The fourth-order valence-electron chi connectivity index (χ4n) is 5.09. The number of benzene rings is 3. The van der Waals surface area contributed by atoms with Gasteiger partial charge in [-0.1, -0.05) is 85.6 Å². The van der Waals surface area contributed by atoms with Gasteiger partial charge in [-0.3, -0.25) is 14.9 Å². The summed E-state index contributed by atoms with van der Waals surface area (Å²) in [6.07, 6.45) is 2.80. The smallest absolute Gasteiger partial charge is 0.317 e. The highest BCUT2D eigenvalue weighted by molar-refractivity contribution is 5.97. The summed E-state index contributed by atoms with van der Waals surface area (Å²) < 4.78 is 25.0. The first-order valence-corrected chi connectivity index (χ1v) is 12.4. The SMILES string of the molecule is N#Cc1c(NC(=O)COC(=O)C2(c3ccc(F)cc3)CCCC2)oc(-c2ccccc2)c1-c1ccccc1. The molecule has 1 saturated carbocycles. The van der Waals surface area contributed by atoms with Crippen LogP contribution in [0, 0.1) is 17.1 Å². The van der Waals surface area contributed by atoms with Crippen LogP contribution in [0.5, 0.6) is 0 Å². The molecular formula is C31H25FN2O4. The Kier molecular flexibility index (Phi) is 7.05. The minimum atomic E-state index is -0.905. The number of amides is 1. The second kappa shape index (κ2) is 10.7. The number of halogens is 1. The summed E-state index contributed by atoms with van der Waals surface area (Å²) in [5.74, 6) is -1.10. The van der Waals surface area contributed by atoms with Gasteiger partial charge in [0.15, 0.2) is 6.61 Å². The molecule has 1 heterocycles. The van der Waals surface area contributed by atoms with E-state index in [2.05, 4.69) is 11.4 Å². The van der Waals surface area contributed by atoms with Gasteiger partial charge < -0.3 is 9.15 Å². The van der Waals surface area contributed by atoms with E-state index >= 15 is 0 Å². The topological polar surface area (TPSA) is 92.3 Å². The number of nitrogens with one attached hydrogen (secondary N) is 1. The maximum atomic E-state index is 13.5. The van der Waals surface area contributed by atoms with Crippen LogP contribution in [-0.4, -0.2) is 18.5 Å². The Balaban J connectivity index is 1.38. The van der Waals surface area contributed by atoms with Crippen molar-refractivity contribution >= 4 is 17.8 Å². The number of hydrogen-bond acceptors (Lipinski definition) is 5. The summed E-state index contributed by atoms with van der Waals surface area (Å²) in [5.41, 5.74) is 2.02. The van der Waals surface area contributed by atoms with Crippen molar-refractivity contribution in [1.29, 1.82) is 5.26 Å². The number of hydrogen-bond donors (Lipinski definition) is 1. The van der Waals surface area contributed by atoms with Crippen LogP contribution in [0.3, 0.4) is 0 Å². The summed E-state index contributed by atoms with van der Waals surface area (Å²) in [6.45, 7) is -0.547. The quantitative estimate of drug-likeness (QED) is 0.283.